The third kappa shape index (κ3) is 5.08. The van der Waals surface area contributed by atoms with Crippen LogP contribution in [0.4, 0.5) is 0 Å². The van der Waals surface area contributed by atoms with E-state index >= 15 is 0 Å². The van der Waals surface area contributed by atoms with Crippen molar-refractivity contribution in [3.63, 3.8) is 0 Å². The summed E-state index contributed by atoms with van der Waals surface area (Å²) in [5, 5.41) is 2.93. The number of carbonyl (C=O) groups is 1. The van der Waals surface area contributed by atoms with Gasteiger partial charge in [-0.1, -0.05) is 30.3 Å². The molecule has 1 saturated heterocycles. The van der Waals surface area contributed by atoms with Gasteiger partial charge in [-0.3, -0.25) is 4.79 Å². The Morgan fingerprint density at radius 3 is 2.23 bits per heavy atom. The highest BCUT2D eigenvalue weighted by Crippen LogP contribution is 2.25. The SMILES string of the molecule is C[C@H](NC(=O)[C@@H]1CCCN(S(=O)(=O)c2ccccc2)C1)c1ccc(S(C)(=O)=O)cc1. The van der Waals surface area contributed by atoms with E-state index in [-0.39, 0.29) is 28.3 Å². The van der Waals surface area contributed by atoms with Crippen molar-refractivity contribution in [2.45, 2.75) is 35.6 Å². The molecule has 0 unspecified atom stereocenters. The van der Waals surface area contributed by atoms with E-state index in [1.165, 1.54) is 16.4 Å². The highest BCUT2D eigenvalue weighted by molar-refractivity contribution is 7.90. The summed E-state index contributed by atoms with van der Waals surface area (Å²) in [6, 6.07) is 14.3. The molecule has 9 heteroatoms. The second kappa shape index (κ2) is 8.87. The first-order valence-electron chi connectivity index (χ1n) is 9.74. The van der Waals surface area contributed by atoms with Gasteiger partial charge in [0.05, 0.1) is 21.8 Å². The van der Waals surface area contributed by atoms with Crippen molar-refractivity contribution in [2.24, 2.45) is 5.92 Å². The number of piperidine rings is 1. The second-order valence-corrected chi connectivity index (χ2v) is 11.5. The fourth-order valence-electron chi connectivity index (χ4n) is 3.53. The quantitative estimate of drug-likeness (QED) is 0.728. The van der Waals surface area contributed by atoms with Gasteiger partial charge in [0, 0.05) is 19.3 Å². The molecule has 1 N–H and O–H groups in total. The Hall–Kier alpha value is -2.23. The van der Waals surface area contributed by atoms with Crippen molar-refractivity contribution in [1.82, 2.24) is 9.62 Å². The molecule has 30 heavy (non-hydrogen) atoms. The third-order valence-corrected chi connectivity index (χ3v) is 8.31. The Morgan fingerprint density at radius 2 is 1.63 bits per heavy atom. The summed E-state index contributed by atoms with van der Waals surface area (Å²) >= 11 is 0. The molecule has 0 bridgehead atoms. The van der Waals surface area contributed by atoms with Crippen molar-refractivity contribution < 1.29 is 21.6 Å². The van der Waals surface area contributed by atoms with E-state index in [0.29, 0.717) is 19.4 Å². The molecule has 1 fully saturated rings. The largest absolute Gasteiger partial charge is 0.349 e. The molecule has 1 amide bonds. The van der Waals surface area contributed by atoms with E-state index in [9.17, 15) is 21.6 Å². The standard InChI is InChI=1S/C21H26N2O5S2/c1-16(17-10-12-19(13-11-17)29(2,25)26)22-21(24)18-7-6-14-23(15-18)30(27,28)20-8-4-3-5-9-20/h3-5,8-13,16,18H,6-7,14-15H2,1-2H3,(H,22,24)/t16-,18+/m0/s1. The molecule has 3 rings (SSSR count). The summed E-state index contributed by atoms with van der Waals surface area (Å²) in [6.07, 6.45) is 2.37. The molecule has 0 aliphatic carbocycles. The first kappa shape index (κ1) is 22.5. The van der Waals surface area contributed by atoms with Gasteiger partial charge in [0.1, 0.15) is 0 Å². The van der Waals surface area contributed by atoms with E-state index in [1.807, 2.05) is 6.92 Å². The first-order valence-corrected chi connectivity index (χ1v) is 13.1. The summed E-state index contributed by atoms with van der Waals surface area (Å²) < 4.78 is 50.3. The Kier molecular flexibility index (Phi) is 6.64. The average Bonchev–Trinajstić information content (AvgIpc) is 2.74. The molecule has 0 aromatic heterocycles. The van der Waals surface area contributed by atoms with E-state index < -0.39 is 25.8 Å². The van der Waals surface area contributed by atoms with Crippen LogP contribution in [0.1, 0.15) is 31.4 Å². The maximum atomic E-state index is 12.9. The summed E-state index contributed by atoms with van der Waals surface area (Å²) in [7, 11) is -6.91. The third-order valence-electron chi connectivity index (χ3n) is 5.30. The van der Waals surface area contributed by atoms with Crippen LogP contribution < -0.4 is 5.32 Å². The van der Waals surface area contributed by atoms with Crippen LogP contribution in [0, 0.1) is 5.92 Å². The summed E-state index contributed by atoms with van der Waals surface area (Å²) in [5.74, 6) is -0.641. The summed E-state index contributed by atoms with van der Waals surface area (Å²) in [4.78, 5) is 13.2. The lowest BCUT2D eigenvalue weighted by atomic mass is 9.98. The van der Waals surface area contributed by atoms with E-state index in [1.54, 1.807) is 42.5 Å². The van der Waals surface area contributed by atoms with Crippen LogP contribution in [0.3, 0.4) is 0 Å². The van der Waals surface area contributed by atoms with Crippen LogP contribution >= 0.6 is 0 Å². The number of nitrogens with one attached hydrogen (secondary N) is 1. The number of rotatable bonds is 6. The average molecular weight is 451 g/mol. The van der Waals surface area contributed by atoms with Crippen molar-refractivity contribution in [2.75, 3.05) is 19.3 Å². The van der Waals surface area contributed by atoms with Crippen molar-refractivity contribution >= 4 is 25.8 Å². The number of nitrogens with zero attached hydrogens (tertiary/aromatic N) is 1. The lowest BCUT2D eigenvalue weighted by Gasteiger charge is -2.32. The van der Waals surface area contributed by atoms with Gasteiger partial charge in [-0.25, -0.2) is 16.8 Å². The molecule has 2 atom stereocenters. The Morgan fingerprint density at radius 1 is 1.00 bits per heavy atom. The van der Waals surface area contributed by atoms with Gasteiger partial charge in [-0.05, 0) is 49.6 Å². The lowest BCUT2D eigenvalue weighted by Crippen LogP contribution is -2.45. The zero-order valence-electron chi connectivity index (χ0n) is 17.0. The fourth-order valence-corrected chi connectivity index (χ4v) is 5.71. The molecule has 7 nitrogen and oxygen atoms in total. The second-order valence-electron chi connectivity index (χ2n) is 7.59. The minimum Gasteiger partial charge on any atom is -0.349 e. The van der Waals surface area contributed by atoms with E-state index in [2.05, 4.69) is 5.32 Å². The first-order chi connectivity index (χ1) is 14.1. The van der Waals surface area contributed by atoms with Gasteiger partial charge >= 0.3 is 0 Å². The smallest absolute Gasteiger partial charge is 0.243 e. The zero-order valence-corrected chi connectivity index (χ0v) is 18.6. The highest BCUT2D eigenvalue weighted by atomic mass is 32.2. The Bertz CT molecular complexity index is 1100. The number of hydrogen-bond acceptors (Lipinski definition) is 5. The maximum Gasteiger partial charge on any atom is 0.243 e. The number of hydrogen-bond donors (Lipinski definition) is 1. The van der Waals surface area contributed by atoms with Crippen molar-refractivity contribution in [3.05, 3.63) is 60.2 Å². The molecule has 1 heterocycles. The molecule has 2 aromatic rings. The number of carbonyl (C=O) groups excluding carboxylic acids is 1. The molecular weight excluding hydrogens is 424 g/mol. The lowest BCUT2D eigenvalue weighted by molar-refractivity contribution is -0.126. The fraction of sp³-hybridized carbons (Fsp3) is 0.381. The zero-order chi connectivity index (χ0) is 21.9. The Balaban J connectivity index is 1.67. The number of sulfone groups is 1. The van der Waals surface area contributed by atoms with Crippen LogP contribution in [0.5, 0.6) is 0 Å². The normalized spacial score (nSPS) is 19.2. The molecule has 0 spiro atoms. The Labute approximate surface area is 178 Å². The molecule has 1 aliphatic rings. The number of benzene rings is 2. The summed E-state index contributed by atoms with van der Waals surface area (Å²) in [5.41, 5.74) is 0.778. The van der Waals surface area contributed by atoms with Crippen LogP contribution in [0.25, 0.3) is 0 Å². The number of amides is 1. The van der Waals surface area contributed by atoms with Gasteiger partial charge < -0.3 is 5.32 Å². The van der Waals surface area contributed by atoms with Gasteiger partial charge in [0.2, 0.25) is 15.9 Å². The monoisotopic (exact) mass is 450 g/mol. The highest BCUT2D eigenvalue weighted by Gasteiger charge is 2.33. The van der Waals surface area contributed by atoms with E-state index in [0.717, 1.165) is 11.8 Å². The van der Waals surface area contributed by atoms with Gasteiger partial charge in [-0.15, -0.1) is 0 Å². The molecule has 0 saturated carbocycles. The minimum atomic E-state index is -3.63. The predicted octanol–water partition coefficient (Wildman–Crippen LogP) is 2.37. The van der Waals surface area contributed by atoms with Crippen LogP contribution in [0.15, 0.2) is 64.4 Å². The van der Waals surface area contributed by atoms with Crippen LogP contribution in [0.2, 0.25) is 0 Å². The van der Waals surface area contributed by atoms with Crippen LogP contribution in [-0.4, -0.2) is 46.4 Å². The van der Waals surface area contributed by atoms with Gasteiger partial charge in [0.25, 0.3) is 0 Å². The molecular formula is C21H26N2O5S2. The predicted molar refractivity (Wildman–Crippen MR) is 114 cm³/mol. The van der Waals surface area contributed by atoms with Gasteiger partial charge in [0.15, 0.2) is 9.84 Å². The van der Waals surface area contributed by atoms with Gasteiger partial charge in [-0.2, -0.15) is 4.31 Å². The molecule has 0 radical (unpaired) electrons. The maximum absolute atomic E-state index is 12.9. The molecule has 1 aliphatic heterocycles. The number of sulfonamides is 1. The molecule has 162 valence electrons. The molecule has 2 aromatic carbocycles. The van der Waals surface area contributed by atoms with Crippen molar-refractivity contribution in [3.8, 4) is 0 Å². The topological polar surface area (TPSA) is 101 Å². The van der Waals surface area contributed by atoms with Crippen molar-refractivity contribution in [1.29, 1.82) is 0 Å². The minimum absolute atomic E-state index is 0.142. The summed E-state index contributed by atoms with van der Waals surface area (Å²) in [6.45, 7) is 2.35. The van der Waals surface area contributed by atoms with E-state index in [4.69, 9.17) is 0 Å². The van der Waals surface area contributed by atoms with Crippen LogP contribution in [-0.2, 0) is 24.7 Å².